The summed E-state index contributed by atoms with van der Waals surface area (Å²) in [5.74, 6) is 0.248. The SMILES string of the molecule is CC1=CC=CC(C)(O)C1C. The third-order valence-corrected chi connectivity index (χ3v) is 2.35. The van der Waals surface area contributed by atoms with Crippen molar-refractivity contribution < 1.29 is 5.11 Å². The topological polar surface area (TPSA) is 20.2 Å². The minimum atomic E-state index is -0.640. The van der Waals surface area contributed by atoms with Gasteiger partial charge >= 0.3 is 0 Å². The monoisotopic (exact) mass is 138 g/mol. The molecule has 0 aliphatic heterocycles. The van der Waals surface area contributed by atoms with Crippen molar-refractivity contribution in [3.8, 4) is 0 Å². The highest BCUT2D eigenvalue weighted by Gasteiger charge is 2.27. The smallest absolute Gasteiger partial charge is 0.0865 e. The summed E-state index contributed by atoms with van der Waals surface area (Å²) in [6.45, 7) is 5.92. The molecule has 1 nitrogen and oxygen atoms in total. The Bertz CT molecular complexity index is 187. The van der Waals surface area contributed by atoms with Gasteiger partial charge in [0.1, 0.15) is 0 Å². The van der Waals surface area contributed by atoms with E-state index >= 15 is 0 Å². The van der Waals surface area contributed by atoms with Crippen LogP contribution in [0.25, 0.3) is 0 Å². The molecule has 0 saturated heterocycles. The second-order valence-electron chi connectivity index (χ2n) is 3.22. The van der Waals surface area contributed by atoms with Crippen LogP contribution in [-0.2, 0) is 0 Å². The van der Waals surface area contributed by atoms with E-state index in [4.69, 9.17) is 0 Å². The normalized spacial score (nSPS) is 39.6. The maximum absolute atomic E-state index is 9.69. The van der Waals surface area contributed by atoms with Gasteiger partial charge in [0.05, 0.1) is 5.60 Å². The van der Waals surface area contributed by atoms with Gasteiger partial charge < -0.3 is 5.11 Å². The minimum absolute atomic E-state index is 0.248. The lowest BCUT2D eigenvalue weighted by Crippen LogP contribution is -2.32. The fourth-order valence-corrected chi connectivity index (χ4v) is 1.14. The van der Waals surface area contributed by atoms with Crippen molar-refractivity contribution in [1.29, 1.82) is 0 Å². The minimum Gasteiger partial charge on any atom is -0.385 e. The van der Waals surface area contributed by atoms with Crippen LogP contribution in [0.4, 0.5) is 0 Å². The highest BCUT2D eigenvalue weighted by Crippen LogP contribution is 2.28. The van der Waals surface area contributed by atoms with Crippen LogP contribution in [0.3, 0.4) is 0 Å². The maximum atomic E-state index is 9.69. The first-order valence-electron chi connectivity index (χ1n) is 3.62. The summed E-state index contributed by atoms with van der Waals surface area (Å²) in [4.78, 5) is 0. The Morgan fingerprint density at radius 2 is 2.20 bits per heavy atom. The summed E-state index contributed by atoms with van der Waals surface area (Å²) < 4.78 is 0. The van der Waals surface area contributed by atoms with Crippen LogP contribution in [0.1, 0.15) is 20.8 Å². The van der Waals surface area contributed by atoms with Crippen LogP contribution < -0.4 is 0 Å². The summed E-state index contributed by atoms with van der Waals surface area (Å²) >= 11 is 0. The first-order chi connectivity index (χ1) is 4.54. The van der Waals surface area contributed by atoms with Gasteiger partial charge in [0.15, 0.2) is 0 Å². The lowest BCUT2D eigenvalue weighted by molar-refractivity contribution is 0.0681. The van der Waals surface area contributed by atoms with Crippen molar-refractivity contribution in [2.45, 2.75) is 26.4 Å². The number of hydrogen-bond donors (Lipinski definition) is 1. The quantitative estimate of drug-likeness (QED) is 0.542. The molecule has 0 aromatic rings. The molecular formula is C9H14O. The molecule has 0 aromatic carbocycles. The molecule has 0 heterocycles. The van der Waals surface area contributed by atoms with E-state index in [1.807, 2.05) is 39.0 Å². The maximum Gasteiger partial charge on any atom is 0.0865 e. The molecule has 1 aliphatic carbocycles. The fraction of sp³-hybridized carbons (Fsp3) is 0.556. The first kappa shape index (κ1) is 7.55. The highest BCUT2D eigenvalue weighted by atomic mass is 16.3. The Kier molecular flexibility index (Phi) is 1.69. The Morgan fingerprint density at radius 3 is 2.60 bits per heavy atom. The molecule has 0 spiro atoms. The Balaban J connectivity index is 2.89. The van der Waals surface area contributed by atoms with Gasteiger partial charge in [0.2, 0.25) is 0 Å². The van der Waals surface area contributed by atoms with Crippen LogP contribution in [-0.4, -0.2) is 10.7 Å². The summed E-state index contributed by atoms with van der Waals surface area (Å²) in [6.07, 6.45) is 5.79. The fourth-order valence-electron chi connectivity index (χ4n) is 1.14. The van der Waals surface area contributed by atoms with Crippen LogP contribution in [0.15, 0.2) is 23.8 Å². The molecule has 0 aromatic heterocycles. The number of allylic oxidation sites excluding steroid dienone is 2. The van der Waals surface area contributed by atoms with E-state index < -0.39 is 5.60 Å². The van der Waals surface area contributed by atoms with Gasteiger partial charge in [0, 0.05) is 5.92 Å². The lowest BCUT2D eigenvalue weighted by Gasteiger charge is -2.30. The van der Waals surface area contributed by atoms with Gasteiger partial charge in [-0.15, -0.1) is 0 Å². The van der Waals surface area contributed by atoms with E-state index in [1.54, 1.807) is 0 Å². The second-order valence-corrected chi connectivity index (χ2v) is 3.22. The van der Waals surface area contributed by atoms with Gasteiger partial charge in [-0.3, -0.25) is 0 Å². The first-order valence-corrected chi connectivity index (χ1v) is 3.62. The van der Waals surface area contributed by atoms with Crippen molar-refractivity contribution in [2.75, 3.05) is 0 Å². The Morgan fingerprint density at radius 1 is 1.60 bits per heavy atom. The molecule has 0 amide bonds. The van der Waals surface area contributed by atoms with Crippen LogP contribution >= 0.6 is 0 Å². The molecule has 10 heavy (non-hydrogen) atoms. The van der Waals surface area contributed by atoms with E-state index in [0.717, 1.165) is 0 Å². The van der Waals surface area contributed by atoms with Gasteiger partial charge in [-0.25, -0.2) is 0 Å². The van der Waals surface area contributed by atoms with Gasteiger partial charge in [-0.2, -0.15) is 0 Å². The molecule has 2 unspecified atom stereocenters. The molecule has 0 saturated carbocycles. The molecule has 2 atom stereocenters. The number of rotatable bonds is 0. The standard InChI is InChI=1S/C9H14O/c1-7-5-4-6-9(3,10)8(7)2/h4-6,8,10H,1-3H3. The van der Waals surface area contributed by atoms with Crippen LogP contribution in [0.5, 0.6) is 0 Å². The van der Waals surface area contributed by atoms with Crippen molar-refractivity contribution in [3.63, 3.8) is 0 Å². The Hall–Kier alpha value is -0.560. The van der Waals surface area contributed by atoms with E-state index in [-0.39, 0.29) is 5.92 Å². The molecule has 0 radical (unpaired) electrons. The highest BCUT2D eigenvalue weighted by molar-refractivity contribution is 5.25. The van der Waals surface area contributed by atoms with Gasteiger partial charge in [-0.1, -0.05) is 30.7 Å². The van der Waals surface area contributed by atoms with Crippen LogP contribution in [0, 0.1) is 5.92 Å². The average Bonchev–Trinajstić information content (AvgIpc) is 1.83. The zero-order valence-electron chi connectivity index (χ0n) is 6.76. The van der Waals surface area contributed by atoms with Gasteiger partial charge in [0.25, 0.3) is 0 Å². The predicted molar refractivity (Wildman–Crippen MR) is 42.7 cm³/mol. The van der Waals surface area contributed by atoms with Crippen molar-refractivity contribution in [1.82, 2.24) is 0 Å². The predicted octanol–water partition coefficient (Wildman–Crippen LogP) is 1.89. The summed E-state index contributed by atoms with van der Waals surface area (Å²) in [6, 6.07) is 0. The van der Waals surface area contributed by atoms with Crippen LogP contribution in [0.2, 0.25) is 0 Å². The molecule has 56 valence electrons. The molecule has 1 heteroatoms. The number of hydrogen-bond acceptors (Lipinski definition) is 1. The molecular weight excluding hydrogens is 124 g/mol. The molecule has 0 bridgehead atoms. The number of aliphatic hydroxyl groups is 1. The van der Waals surface area contributed by atoms with E-state index in [9.17, 15) is 5.11 Å². The second kappa shape index (κ2) is 2.24. The van der Waals surface area contributed by atoms with E-state index in [1.165, 1.54) is 5.57 Å². The third-order valence-electron chi connectivity index (χ3n) is 2.35. The van der Waals surface area contributed by atoms with Crippen molar-refractivity contribution >= 4 is 0 Å². The van der Waals surface area contributed by atoms with E-state index in [2.05, 4.69) is 0 Å². The molecule has 1 aliphatic rings. The zero-order chi connectivity index (χ0) is 7.78. The van der Waals surface area contributed by atoms with Crippen molar-refractivity contribution in [3.05, 3.63) is 23.8 Å². The van der Waals surface area contributed by atoms with E-state index in [0.29, 0.717) is 0 Å². The summed E-state index contributed by atoms with van der Waals surface area (Å²) in [7, 11) is 0. The lowest BCUT2D eigenvalue weighted by atomic mass is 9.82. The largest absolute Gasteiger partial charge is 0.385 e. The van der Waals surface area contributed by atoms with Gasteiger partial charge in [-0.05, 0) is 13.8 Å². The Labute approximate surface area is 62.1 Å². The third kappa shape index (κ3) is 1.14. The molecule has 1 N–H and O–H groups in total. The van der Waals surface area contributed by atoms with Crippen molar-refractivity contribution in [2.24, 2.45) is 5.92 Å². The average molecular weight is 138 g/mol. The molecule has 0 fully saturated rings. The molecule has 1 rings (SSSR count). The summed E-state index contributed by atoms with van der Waals surface area (Å²) in [5.41, 5.74) is 0.603. The zero-order valence-corrected chi connectivity index (χ0v) is 6.76. The summed E-state index contributed by atoms with van der Waals surface area (Å²) in [5, 5.41) is 9.69.